The topological polar surface area (TPSA) is 80.0 Å². The van der Waals surface area contributed by atoms with Crippen LogP contribution in [0.2, 0.25) is 0 Å². The number of aliphatic hydroxyl groups is 1. The van der Waals surface area contributed by atoms with Crippen LogP contribution < -0.4 is 5.32 Å². The van der Waals surface area contributed by atoms with Crippen LogP contribution in [0.15, 0.2) is 66.9 Å². The van der Waals surface area contributed by atoms with Crippen LogP contribution in [0, 0.1) is 0 Å². The van der Waals surface area contributed by atoms with Crippen molar-refractivity contribution < 1.29 is 9.90 Å². The number of hydrogen-bond acceptors (Lipinski definition) is 4. The molecule has 0 bridgehead atoms. The molecule has 6 nitrogen and oxygen atoms in total. The van der Waals surface area contributed by atoms with E-state index in [9.17, 15) is 9.90 Å². The van der Waals surface area contributed by atoms with Gasteiger partial charge in [-0.1, -0.05) is 65.9 Å². The van der Waals surface area contributed by atoms with E-state index in [4.69, 9.17) is 0 Å². The minimum atomic E-state index is -0.434. The SMILES string of the molecule is O=C(Cn1cc(-c2ccccc2)nn1)NC(CO)c1ccccc1. The second-order valence-corrected chi connectivity index (χ2v) is 5.38. The fourth-order valence-electron chi connectivity index (χ4n) is 2.42. The molecule has 0 spiro atoms. The van der Waals surface area contributed by atoms with Crippen molar-refractivity contribution >= 4 is 5.91 Å². The Labute approximate surface area is 139 Å². The summed E-state index contributed by atoms with van der Waals surface area (Å²) in [6.45, 7) is -0.120. The average Bonchev–Trinajstić information content (AvgIpc) is 3.09. The maximum absolute atomic E-state index is 12.2. The highest BCUT2D eigenvalue weighted by Crippen LogP contribution is 2.15. The third-order valence-corrected chi connectivity index (χ3v) is 3.63. The third kappa shape index (κ3) is 3.85. The van der Waals surface area contributed by atoms with Crippen molar-refractivity contribution in [2.45, 2.75) is 12.6 Å². The van der Waals surface area contributed by atoms with Gasteiger partial charge >= 0.3 is 0 Å². The number of carbonyl (C=O) groups excluding carboxylic acids is 1. The van der Waals surface area contributed by atoms with Crippen molar-refractivity contribution in [1.29, 1.82) is 0 Å². The molecule has 0 aliphatic rings. The van der Waals surface area contributed by atoms with Crippen LogP contribution in [-0.4, -0.2) is 32.6 Å². The zero-order valence-electron chi connectivity index (χ0n) is 13.0. The van der Waals surface area contributed by atoms with Gasteiger partial charge in [-0.15, -0.1) is 5.10 Å². The molecule has 1 aromatic heterocycles. The molecule has 24 heavy (non-hydrogen) atoms. The monoisotopic (exact) mass is 322 g/mol. The molecule has 2 aromatic carbocycles. The van der Waals surface area contributed by atoms with E-state index in [1.54, 1.807) is 6.20 Å². The van der Waals surface area contributed by atoms with E-state index < -0.39 is 6.04 Å². The molecule has 3 rings (SSSR count). The quantitative estimate of drug-likeness (QED) is 0.725. The summed E-state index contributed by atoms with van der Waals surface area (Å²) < 4.78 is 1.48. The van der Waals surface area contributed by atoms with Gasteiger partial charge in [0, 0.05) is 5.56 Å². The molecular weight excluding hydrogens is 304 g/mol. The number of nitrogens with one attached hydrogen (secondary N) is 1. The third-order valence-electron chi connectivity index (χ3n) is 3.63. The summed E-state index contributed by atoms with van der Waals surface area (Å²) in [5.74, 6) is -0.234. The summed E-state index contributed by atoms with van der Waals surface area (Å²) in [4.78, 5) is 12.2. The number of carbonyl (C=O) groups is 1. The Hall–Kier alpha value is -2.99. The molecule has 1 atom stereocenters. The van der Waals surface area contributed by atoms with Crippen LogP contribution in [0.1, 0.15) is 11.6 Å². The molecule has 0 aliphatic carbocycles. The molecule has 1 amide bonds. The molecule has 0 fully saturated rings. The zero-order valence-corrected chi connectivity index (χ0v) is 13.0. The first-order chi connectivity index (χ1) is 11.8. The number of benzene rings is 2. The van der Waals surface area contributed by atoms with Crippen molar-refractivity contribution in [2.24, 2.45) is 0 Å². The number of hydrogen-bond donors (Lipinski definition) is 2. The highest BCUT2D eigenvalue weighted by atomic mass is 16.3. The Bertz CT molecular complexity index is 787. The Morgan fingerprint density at radius 2 is 1.75 bits per heavy atom. The Balaban J connectivity index is 1.64. The summed E-state index contributed by atoms with van der Waals surface area (Å²) in [5.41, 5.74) is 2.52. The van der Waals surface area contributed by atoms with Crippen LogP contribution >= 0.6 is 0 Å². The second-order valence-electron chi connectivity index (χ2n) is 5.38. The van der Waals surface area contributed by atoms with Gasteiger partial charge in [-0.3, -0.25) is 4.79 Å². The molecule has 2 N–H and O–H groups in total. The van der Waals surface area contributed by atoms with Crippen molar-refractivity contribution in [3.05, 3.63) is 72.4 Å². The summed E-state index contributed by atoms with van der Waals surface area (Å²) in [6, 6.07) is 18.6. The summed E-state index contributed by atoms with van der Waals surface area (Å²) in [6.07, 6.45) is 1.73. The maximum atomic E-state index is 12.2. The average molecular weight is 322 g/mol. The fourth-order valence-corrected chi connectivity index (χ4v) is 2.42. The van der Waals surface area contributed by atoms with Gasteiger partial charge in [-0.05, 0) is 5.56 Å². The van der Waals surface area contributed by atoms with Crippen LogP contribution in [-0.2, 0) is 11.3 Å². The number of aromatic nitrogens is 3. The molecule has 3 aromatic rings. The molecular formula is C18H18N4O2. The van der Waals surface area contributed by atoms with Crippen molar-refractivity contribution in [2.75, 3.05) is 6.61 Å². The lowest BCUT2D eigenvalue weighted by molar-refractivity contribution is -0.123. The Morgan fingerprint density at radius 1 is 1.08 bits per heavy atom. The van der Waals surface area contributed by atoms with E-state index in [0.717, 1.165) is 11.1 Å². The van der Waals surface area contributed by atoms with Gasteiger partial charge in [0.2, 0.25) is 5.91 Å². The van der Waals surface area contributed by atoms with E-state index in [-0.39, 0.29) is 19.1 Å². The highest BCUT2D eigenvalue weighted by molar-refractivity contribution is 5.76. The van der Waals surface area contributed by atoms with Crippen LogP contribution in [0.5, 0.6) is 0 Å². The molecule has 0 saturated carbocycles. The first kappa shape index (κ1) is 15.9. The van der Waals surface area contributed by atoms with E-state index >= 15 is 0 Å². The zero-order chi connectivity index (χ0) is 16.8. The summed E-state index contributed by atoms with van der Waals surface area (Å²) in [7, 11) is 0. The van der Waals surface area contributed by atoms with E-state index in [2.05, 4.69) is 15.6 Å². The van der Waals surface area contributed by atoms with Gasteiger partial charge in [0.1, 0.15) is 12.2 Å². The number of nitrogens with zero attached hydrogens (tertiary/aromatic N) is 3. The number of amides is 1. The fraction of sp³-hybridized carbons (Fsp3) is 0.167. The Kier molecular flexibility index (Phi) is 4.98. The van der Waals surface area contributed by atoms with Gasteiger partial charge in [0.25, 0.3) is 0 Å². The van der Waals surface area contributed by atoms with Gasteiger partial charge in [-0.25, -0.2) is 4.68 Å². The minimum absolute atomic E-state index is 0.0448. The first-order valence-corrected chi connectivity index (χ1v) is 7.67. The molecule has 6 heteroatoms. The van der Waals surface area contributed by atoms with E-state index in [1.807, 2.05) is 60.7 Å². The molecule has 0 saturated heterocycles. The molecule has 0 radical (unpaired) electrons. The summed E-state index contributed by atoms with van der Waals surface area (Å²) >= 11 is 0. The lowest BCUT2D eigenvalue weighted by atomic mass is 10.1. The predicted octanol–water partition coefficient (Wildman–Crippen LogP) is 1.79. The predicted molar refractivity (Wildman–Crippen MR) is 89.9 cm³/mol. The lowest BCUT2D eigenvalue weighted by Gasteiger charge is -2.16. The molecule has 1 unspecified atom stereocenters. The number of rotatable bonds is 6. The molecule has 122 valence electrons. The standard InChI is InChI=1S/C18H18N4O2/c23-13-17(15-9-5-2-6-10-15)19-18(24)12-22-11-16(20-21-22)14-7-3-1-4-8-14/h1-11,17,23H,12-13H2,(H,19,24). The van der Waals surface area contributed by atoms with Gasteiger partial charge in [0.15, 0.2) is 0 Å². The van der Waals surface area contributed by atoms with E-state index in [0.29, 0.717) is 5.69 Å². The van der Waals surface area contributed by atoms with Crippen molar-refractivity contribution in [1.82, 2.24) is 20.3 Å². The lowest BCUT2D eigenvalue weighted by Crippen LogP contribution is -2.33. The smallest absolute Gasteiger partial charge is 0.242 e. The minimum Gasteiger partial charge on any atom is -0.394 e. The van der Waals surface area contributed by atoms with Crippen LogP contribution in [0.25, 0.3) is 11.3 Å². The van der Waals surface area contributed by atoms with Gasteiger partial charge < -0.3 is 10.4 Å². The van der Waals surface area contributed by atoms with Crippen LogP contribution in [0.3, 0.4) is 0 Å². The highest BCUT2D eigenvalue weighted by Gasteiger charge is 2.14. The molecule has 0 aliphatic heterocycles. The number of aliphatic hydroxyl groups excluding tert-OH is 1. The second kappa shape index (κ2) is 7.52. The van der Waals surface area contributed by atoms with Gasteiger partial charge in [-0.2, -0.15) is 0 Å². The maximum Gasteiger partial charge on any atom is 0.242 e. The van der Waals surface area contributed by atoms with Crippen molar-refractivity contribution in [3.8, 4) is 11.3 Å². The largest absolute Gasteiger partial charge is 0.394 e. The van der Waals surface area contributed by atoms with Crippen LogP contribution in [0.4, 0.5) is 0 Å². The van der Waals surface area contributed by atoms with Crippen molar-refractivity contribution in [3.63, 3.8) is 0 Å². The van der Waals surface area contributed by atoms with E-state index in [1.165, 1.54) is 4.68 Å². The normalized spacial score (nSPS) is 11.9. The molecule has 1 heterocycles. The first-order valence-electron chi connectivity index (χ1n) is 7.67. The Morgan fingerprint density at radius 3 is 2.42 bits per heavy atom. The van der Waals surface area contributed by atoms with Gasteiger partial charge in [0.05, 0.1) is 18.8 Å². The summed E-state index contributed by atoms with van der Waals surface area (Å²) in [5, 5.41) is 20.4.